The van der Waals surface area contributed by atoms with Gasteiger partial charge in [0.1, 0.15) is 0 Å². The van der Waals surface area contributed by atoms with E-state index in [1.165, 1.54) is 44.3 Å². The Kier molecular flexibility index (Phi) is 3.67. The van der Waals surface area contributed by atoms with Gasteiger partial charge >= 0.3 is 0 Å². The SMILES string of the molecule is CC(NC1CCN(C2CC2)CC1)c1ccccc1. The van der Waals surface area contributed by atoms with Gasteiger partial charge in [-0.15, -0.1) is 0 Å². The second-order valence-electron chi connectivity index (χ2n) is 5.84. The fourth-order valence-electron chi connectivity index (χ4n) is 3.06. The zero-order valence-corrected chi connectivity index (χ0v) is 11.3. The molecule has 1 heterocycles. The lowest BCUT2D eigenvalue weighted by Gasteiger charge is -2.34. The number of hydrogen-bond donors (Lipinski definition) is 1. The van der Waals surface area contributed by atoms with Gasteiger partial charge in [0.25, 0.3) is 0 Å². The Morgan fingerprint density at radius 3 is 2.33 bits per heavy atom. The molecule has 0 bridgehead atoms. The number of likely N-dealkylation sites (tertiary alicyclic amines) is 1. The summed E-state index contributed by atoms with van der Waals surface area (Å²) in [6.45, 7) is 4.87. The van der Waals surface area contributed by atoms with Crippen LogP contribution >= 0.6 is 0 Å². The van der Waals surface area contributed by atoms with Gasteiger partial charge in [0.2, 0.25) is 0 Å². The first kappa shape index (κ1) is 12.2. The van der Waals surface area contributed by atoms with E-state index in [1.807, 2.05) is 0 Å². The van der Waals surface area contributed by atoms with Crippen LogP contribution in [0.15, 0.2) is 30.3 Å². The molecule has 1 unspecified atom stereocenters. The molecule has 98 valence electrons. The lowest BCUT2D eigenvalue weighted by atomic mass is 10.0. The van der Waals surface area contributed by atoms with E-state index in [9.17, 15) is 0 Å². The van der Waals surface area contributed by atoms with E-state index >= 15 is 0 Å². The lowest BCUT2D eigenvalue weighted by Crippen LogP contribution is -2.43. The van der Waals surface area contributed by atoms with Crippen LogP contribution < -0.4 is 5.32 Å². The summed E-state index contributed by atoms with van der Waals surface area (Å²) in [5.74, 6) is 0. The Labute approximate surface area is 110 Å². The average molecular weight is 244 g/mol. The number of nitrogens with zero attached hydrogens (tertiary/aromatic N) is 1. The molecule has 1 saturated heterocycles. The van der Waals surface area contributed by atoms with Crippen molar-refractivity contribution in [2.45, 2.75) is 50.7 Å². The second kappa shape index (κ2) is 5.41. The smallest absolute Gasteiger partial charge is 0.0294 e. The van der Waals surface area contributed by atoms with E-state index in [-0.39, 0.29) is 0 Å². The monoisotopic (exact) mass is 244 g/mol. The maximum Gasteiger partial charge on any atom is 0.0294 e. The molecule has 0 radical (unpaired) electrons. The van der Waals surface area contributed by atoms with Gasteiger partial charge in [-0.3, -0.25) is 0 Å². The van der Waals surface area contributed by atoms with Crippen molar-refractivity contribution in [2.24, 2.45) is 0 Å². The third-order valence-corrected chi connectivity index (χ3v) is 4.38. The first-order valence-corrected chi connectivity index (χ1v) is 7.38. The molecule has 2 aliphatic rings. The highest BCUT2D eigenvalue weighted by Crippen LogP contribution is 2.29. The largest absolute Gasteiger partial charge is 0.307 e. The van der Waals surface area contributed by atoms with Gasteiger partial charge in [-0.1, -0.05) is 30.3 Å². The summed E-state index contributed by atoms with van der Waals surface area (Å²) in [4.78, 5) is 2.69. The standard InChI is InChI=1S/C16H24N2/c1-13(14-5-3-2-4-6-14)17-15-9-11-18(12-10-15)16-7-8-16/h2-6,13,15-17H,7-12H2,1H3. The van der Waals surface area contributed by atoms with E-state index < -0.39 is 0 Å². The van der Waals surface area contributed by atoms with E-state index in [2.05, 4.69) is 47.5 Å². The third-order valence-electron chi connectivity index (χ3n) is 4.38. The molecular formula is C16H24N2. The summed E-state index contributed by atoms with van der Waals surface area (Å²) in [6, 6.07) is 12.9. The molecule has 1 aromatic carbocycles. The first-order chi connectivity index (χ1) is 8.83. The predicted octanol–water partition coefficient (Wildman–Crippen LogP) is 2.96. The second-order valence-corrected chi connectivity index (χ2v) is 5.84. The Balaban J connectivity index is 1.48. The molecule has 3 rings (SSSR count). The molecule has 18 heavy (non-hydrogen) atoms. The van der Waals surface area contributed by atoms with Crippen LogP contribution in [0, 0.1) is 0 Å². The van der Waals surface area contributed by atoms with Crippen LogP contribution in [0.3, 0.4) is 0 Å². The highest BCUT2D eigenvalue weighted by molar-refractivity contribution is 5.18. The zero-order chi connectivity index (χ0) is 12.4. The Hall–Kier alpha value is -0.860. The van der Waals surface area contributed by atoms with Gasteiger partial charge in [-0.2, -0.15) is 0 Å². The van der Waals surface area contributed by atoms with Crippen LogP contribution in [-0.2, 0) is 0 Å². The predicted molar refractivity (Wildman–Crippen MR) is 75.6 cm³/mol. The Morgan fingerprint density at radius 1 is 1.06 bits per heavy atom. The summed E-state index contributed by atoms with van der Waals surface area (Å²) < 4.78 is 0. The van der Waals surface area contributed by atoms with E-state index in [1.54, 1.807) is 0 Å². The molecule has 1 aliphatic heterocycles. The fraction of sp³-hybridized carbons (Fsp3) is 0.625. The van der Waals surface area contributed by atoms with Crippen LogP contribution in [0.2, 0.25) is 0 Å². The number of nitrogens with one attached hydrogen (secondary N) is 1. The molecule has 0 aromatic heterocycles. The molecule has 1 atom stereocenters. The summed E-state index contributed by atoms with van der Waals surface area (Å²) in [5.41, 5.74) is 1.40. The molecule has 0 amide bonds. The van der Waals surface area contributed by atoms with Crippen LogP contribution in [0.4, 0.5) is 0 Å². The quantitative estimate of drug-likeness (QED) is 0.876. The van der Waals surface area contributed by atoms with Gasteiger partial charge in [0.05, 0.1) is 0 Å². The van der Waals surface area contributed by atoms with Gasteiger partial charge in [-0.25, -0.2) is 0 Å². The molecule has 0 spiro atoms. The summed E-state index contributed by atoms with van der Waals surface area (Å²) >= 11 is 0. The molecule has 2 nitrogen and oxygen atoms in total. The molecule has 1 N–H and O–H groups in total. The maximum atomic E-state index is 3.79. The third kappa shape index (κ3) is 2.93. The summed E-state index contributed by atoms with van der Waals surface area (Å²) in [6.07, 6.45) is 5.51. The molecule has 1 aromatic rings. The normalized spacial score (nSPS) is 24.1. The average Bonchev–Trinajstić information content (AvgIpc) is 3.25. The molecule has 2 heteroatoms. The highest BCUT2D eigenvalue weighted by Gasteiger charge is 2.31. The molecular weight excluding hydrogens is 220 g/mol. The minimum Gasteiger partial charge on any atom is -0.307 e. The summed E-state index contributed by atoms with van der Waals surface area (Å²) in [5, 5.41) is 3.79. The van der Waals surface area contributed by atoms with Crippen molar-refractivity contribution >= 4 is 0 Å². The molecule has 1 saturated carbocycles. The highest BCUT2D eigenvalue weighted by atomic mass is 15.2. The van der Waals surface area contributed by atoms with E-state index in [4.69, 9.17) is 0 Å². The van der Waals surface area contributed by atoms with Crippen molar-refractivity contribution in [3.05, 3.63) is 35.9 Å². The maximum absolute atomic E-state index is 3.79. The zero-order valence-electron chi connectivity index (χ0n) is 11.3. The van der Waals surface area contributed by atoms with Crippen molar-refractivity contribution in [1.29, 1.82) is 0 Å². The number of benzene rings is 1. The van der Waals surface area contributed by atoms with Crippen LogP contribution in [-0.4, -0.2) is 30.1 Å². The Morgan fingerprint density at radius 2 is 1.72 bits per heavy atom. The van der Waals surface area contributed by atoms with Crippen molar-refractivity contribution < 1.29 is 0 Å². The van der Waals surface area contributed by atoms with Gasteiger partial charge < -0.3 is 10.2 Å². The Bertz CT molecular complexity index is 364. The van der Waals surface area contributed by atoms with Gasteiger partial charge in [0, 0.05) is 18.1 Å². The minimum atomic E-state index is 0.476. The van der Waals surface area contributed by atoms with Crippen molar-refractivity contribution in [3.8, 4) is 0 Å². The topological polar surface area (TPSA) is 15.3 Å². The van der Waals surface area contributed by atoms with Gasteiger partial charge in [-0.05, 0) is 51.3 Å². The fourth-order valence-corrected chi connectivity index (χ4v) is 3.06. The van der Waals surface area contributed by atoms with Crippen LogP contribution in [0.25, 0.3) is 0 Å². The van der Waals surface area contributed by atoms with Crippen LogP contribution in [0.1, 0.15) is 44.2 Å². The number of piperidine rings is 1. The molecule has 1 aliphatic carbocycles. The molecule has 2 fully saturated rings. The van der Waals surface area contributed by atoms with Crippen LogP contribution in [0.5, 0.6) is 0 Å². The number of rotatable bonds is 4. The van der Waals surface area contributed by atoms with E-state index in [0.717, 1.165) is 6.04 Å². The van der Waals surface area contributed by atoms with Crippen molar-refractivity contribution in [2.75, 3.05) is 13.1 Å². The first-order valence-electron chi connectivity index (χ1n) is 7.38. The van der Waals surface area contributed by atoms with Crippen molar-refractivity contribution in [3.63, 3.8) is 0 Å². The number of hydrogen-bond acceptors (Lipinski definition) is 2. The minimum absolute atomic E-state index is 0.476. The van der Waals surface area contributed by atoms with Gasteiger partial charge in [0.15, 0.2) is 0 Å². The summed E-state index contributed by atoms with van der Waals surface area (Å²) in [7, 11) is 0. The van der Waals surface area contributed by atoms with Crippen molar-refractivity contribution in [1.82, 2.24) is 10.2 Å². The van der Waals surface area contributed by atoms with E-state index in [0.29, 0.717) is 12.1 Å². The lowest BCUT2D eigenvalue weighted by molar-refractivity contribution is 0.184.